The molecule has 0 bridgehead atoms. The van der Waals surface area contributed by atoms with Gasteiger partial charge in [-0.15, -0.1) is 0 Å². The Morgan fingerprint density at radius 3 is 2.74 bits per heavy atom. The predicted molar refractivity (Wildman–Crippen MR) is 70.0 cm³/mol. The molecule has 1 aliphatic rings. The van der Waals surface area contributed by atoms with Gasteiger partial charge in [0.15, 0.2) is 0 Å². The molecule has 0 atom stereocenters. The van der Waals surface area contributed by atoms with Crippen molar-refractivity contribution < 1.29 is 19.4 Å². The molecule has 1 aliphatic carbocycles. The minimum atomic E-state index is -1.05. The molecule has 1 heterocycles. The molecule has 106 valence electrons. The van der Waals surface area contributed by atoms with Crippen molar-refractivity contribution in [1.82, 2.24) is 5.32 Å². The van der Waals surface area contributed by atoms with Crippen LogP contribution in [0.2, 0.25) is 0 Å². The summed E-state index contributed by atoms with van der Waals surface area (Å²) in [4.78, 5) is 10.9. The summed E-state index contributed by atoms with van der Waals surface area (Å²) in [6.45, 7) is 1.37. The third kappa shape index (κ3) is 3.36. The van der Waals surface area contributed by atoms with Crippen molar-refractivity contribution in [2.24, 2.45) is 5.41 Å². The summed E-state index contributed by atoms with van der Waals surface area (Å²) in [6, 6.07) is 1.67. The molecule has 0 amide bonds. The second kappa shape index (κ2) is 6.21. The minimum absolute atomic E-state index is 0.00538. The molecule has 0 unspecified atom stereocenters. The molecule has 1 saturated carbocycles. The second-order valence-electron chi connectivity index (χ2n) is 5.40. The number of nitrogens with one attached hydrogen (secondary N) is 1. The standard InChI is InChI=1S/C14H21NO4/c16-10-14(5-2-1-3-6-14)9-15-8-11-4-7-19-12(11)13(17)18/h4,7,15-16H,1-3,5-6,8-10H2,(H,17,18). The van der Waals surface area contributed by atoms with Crippen molar-refractivity contribution in [3.05, 3.63) is 23.7 Å². The van der Waals surface area contributed by atoms with Crippen LogP contribution in [0.1, 0.15) is 48.2 Å². The third-order valence-electron chi connectivity index (χ3n) is 4.01. The van der Waals surface area contributed by atoms with Gasteiger partial charge in [-0.05, 0) is 18.9 Å². The number of carboxylic acids is 1. The SMILES string of the molecule is O=C(O)c1occc1CNCC1(CO)CCCCC1. The Labute approximate surface area is 112 Å². The summed E-state index contributed by atoms with van der Waals surface area (Å²) >= 11 is 0. The average molecular weight is 267 g/mol. The van der Waals surface area contributed by atoms with Gasteiger partial charge in [0, 0.05) is 30.7 Å². The molecule has 1 fully saturated rings. The zero-order chi connectivity index (χ0) is 13.7. The number of hydrogen-bond acceptors (Lipinski definition) is 4. The van der Waals surface area contributed by atoms with Crippen molar-refractivity contribution in [2.75, 3.05) is 13.2 Å². The quantitative estimate of drug-likeness (QED) is 0.734. The van der Waals surface area contributed by atoms with Gasteiger partial charge in [0.2, 0.25) is 5.76 Å². The highest BCUT2D eigenvalue weighted by Crippen LogP contribution is 2.35. The number of aromatic carboxylic acids is 1. The lowest BCUT2D eigenvalue weighted by Gasteiger charge is -2.35. The Bertz CT molecular complexity index is 421. The van der Waals surface area contributed by atoms with Crippen molar-refractivity contribution in [2.45, 2.75) is 38.6 Å². The zero-order valence-electron chi connectivity index (χ0n) is 11.0. The lowest BCUT2D eigenvalue weighted by molar-refractivity contribution is 0.0659. The topological polar surface area (TPSA) is 82.7 Å². The highest BCUT2D eigenvalue weighted by Gasteiger charge is 2.30. The van der Waals surface area contributed by atoms with Gasteiger partial charge in [0.25, 0.3) is 0 Å². The van der Waals surface area contributed by atoms with Crippen LogP contribution in [-0.2, 0) is 6.54 Å². The normalized spacial score (nSPS) is 18.4. The van der Waals surface area contributed by atoms with Crippen LogP contribution in [0.3, 0.4) is 0 Å². The maximum Gasteiger partial charge on any atom is 0.372 e. The molecule has 2 rings (SSSR count). The lowest BCUT2D eigenvalue weighted by Crippen LogP contribution is -2.38. The summed E-state index contributed by atoms with van der Waals surface area (Å²) in [5.74, 6) is -1.05. The van der Waals surface area contributed by atoms with Gasteiger partial charge in [-0.2, -0.15) is 0 Å². The van der Waals surface area contributed by atoms with E-state index in [-0.39, 0.29) is 17.8 Å². The molecule has 19 heavy (non-hydrogen) atoms. The van der Waals surface area contributed by atoms with E-state index in [1.807, 2.05) is 0 Å². The van der Waals surface area contributed by atoms with Crippen LogP contribution in [0.5, 0.6) is 0 Å². The van der Waals surface area contributed by atoms with Gasteiger partial charge < -0.3 is 19.9 Å². The third-order valence-corrected chi connectivity index (χ3v) is 4.01. The van der Waals surface area contributed by atoms with E-state index in [4.69, 9.17) is 9.52 Å². The van der Waals surface area contributed by atoms with E-state index in [0.717, 1.165) is 25.7 Å². The molecule has 3 N–H and O–H groups in total. The molecular weight excluding hydrogens is 246 g/mol. The van der Waals surface area contributed by atoms with Crippen LogP contribution in [-0.4, -0.2) is 29.3 Å². The molecule has 0 saturated heterocycles. The lowest BCUT2D eigenvalue weighted by atomic mass is 9.74. The second-order valence-corrected chi connectivity index (χ2v) is 5.40. The fourth-order valence-electron chi connectivity index (χ4n) is 2.82. The number of carbonyl (C=O) groups is 1. The molecule has 0 aromatic carbocycles. The first-order chi connectivity index (χ1) is 9.17. The van der Waals surface area contributed by atoms with Crippen LogP contribution in [0.4, 0.5) is 0 Å². The van der Waals surface area contributed by atoms with Crippen LogP contribution in [0, 0.1) is 5.41 Å². The number of rotatable bonds is 6. The molecule has 1 aromatic rings. The van der Waals surface area contributed by atoms with Gasteiger partial charge in [-0.25, -0.2) is 4.79 Å². The first-order valence-electron chi connectivity index (χ1n) is 6.78. The van der Waals surface area contributed by atoms with Gasteiger partial charge in [0.05, 0.1) is 6.26 Å². The number of aliphatic hydroxyl groups excluding tert-OH is 1. The van der Waals surface area contributed by atoms with Crippen molar-refractivity contribution in [1.29, 1.82) is 0 Å². The van der Waals surface area contributed by atoms with Gasteiger partial charge in [-0.3, -0.25) is 0 Å². The maximum atomic E-state index is 10.9. The predicted octanol–water partition coefficient (Wildman–Crippen LogP) is 2.01. The summed E-state index contributed by atoms with van der Waals surface area (Å²) in [5.41, 5.74) is 0.613. The molecule has 0 spiro atoms. The van der Waals surface area contributed by atoms with Crippen molar-refractivity contribution in [3.63, 3.8) is 0 Å². The van der Waals surface area contributed by atoms with Gasteiger partial charge in [0.1, 0.15) is 0 Å². The molecule has 5 heteroatoms. The number of carboxylic acid groups (broad SMARTS) is 1. The number of furan rings is 1. The first-order valence-corrected chi connectivity index (χ1v) is 6.78. The Balaban J connectivity index is 1.88. The van der Waals surface area contributed by atoms with E-state index in [1.54, 1.807) is 6.07 Å². The van der Waals surface area contributed by atoms with Crippen molar-refractivity contribution in [3.8, 4) is 0 Å². The van der Waals surface area contributed by atoms with Gasteiger partial charge >= 0.3 is 5.97 Å². The molecule has 0 radical (unpaired) electrons. The van der Waals surface area contributed by atoms with E-state index >= 15 is 0 Å². The molecule has 0 aliphatic heterocycles. The van der Waals surface area contributed by atoms with E-state index in [2.05, 4.69) is 5.32 Å². The smallest absolute Gasteiger partial charge is 0.372 e. The fraction of sp³-hybridized carbons (Fsp3) is 0.643. The maximum absolute atomic E-state index is 10.9. The van der Waals surface area contributed by atoms with Crippen LogP contribution >= 0.6 is 0 Å². The van der Waals surface area contributed by atoms with E-state index in [1.165, 1.54) is 12.7 Å². The van der Waals surface area contributed by atoms with Crippen molar-refractivity contribution >= 4 is 5.97 Å². The Morgan fingerprint density at radius 2 is 2.11 bits per heavy atom. The Kier molecular flexibility index (Phi) is 4.61. The summed E-state index contributed by atoms with van der Waals surface area (Å²) in [7, 11) is 0. The monoisotopic (exact) mass is 267 g/mol. The molecule has 1 aromatic heterocycles. The first kappa shape index (κ1) is 14.1. The van der Waals surface area contributed by atoms with Crippen LogP contribution < -0.4 is 5.32 Å². The van der Waals surface area contributed by atoms with E-state index < -0.39 is 5.97 Å². The van der Waals surface area contributed by atoms with E-state index in [0.29, 0.717) is 18.7 Å². The number of aliphatic hydroxyl groups is 1. The summed E-state index contributed by atoms with van der Waals surface area (Å²) < 4.78 is 4.93. The fourth-order valence-corrected chi connectivity index (χ4v) is 2.82. The molecular formula is C14H21NO4. The molecule has 5 nitrogen and oxygen atoms in total. The average Bonchev–Trinajstić information content (AvgIpc) is 2.88. The number of hydrogen-bond donors (Lipinski definition) is 3. The summed E-state index contributed by atoms with van der Waals surface area (Å²) in [5, 5.41) is 21.8. The Morgan fingerprint density at radius 1 is 1.37 bits per heavy atom. The highest BCUT2D eigenvalue weighted by molar-refractivity contribution is 5.86. The Hall–Kier alpha value is -1.33. The van der Waals surface area contributed by atoms with Crippen LogP contribution in [0.25, 0.3) is 0 Å². The largest absolute Gasteiger partial charge is 0.475 e. The summed E-state index contributed by atoms with van der Waals surface area (Å²) in [6.07, 6.45) is 7.03. The van der Waals surface area contributed by atoms with Gasteiger partial charge in [-0.1, -0.05) is 19.3 Å². The minimum Gasteiger partial charge on any atom is -0.475 e. The zero-order valence-corrected chi connectivity index (χ0v) is 11.0. The van der Waals surface area contributed by atoms with E-state index in [9.17, 15) is 9.90 Å². The van der Waals surface area contributed by atoms with Crippen LogP contribution in [0.15, 0.2) is 16.7 Å². The highest BCUT2D eigenvalue weighted by atomic mass is 16.4.